The van der Waals surface area contributed by atoms with E-state index >= 15 is 0 Å². The minimum absolute atomic E-state index is 0.683. The summed E-state index contributed by atoms with van der Waals surface area (Å²) in [6.07, 6.45) is 6.36. The number of hydrogen-bond donors (Lipinski definition) is 2. The van der Waals surface area contributed by atoms with E-state index in [1.807, 2.05) is 12.4 Å². The number of anilines is 1. The van der Waals surface area contributed by atoms with Crippen molar-refractivity contribution >= 4 is 23.1 Å². The van der Waals surface area contributed by atoms with Crippen LogP contribution in [0.15, 0.2) is 29.5 Å². The molecule has 0 aliphatic carbocycles. The van der Waals surface area contributed by atoms with Crippen LogP contribution in [0.5, 0.6) is 0 Å². The monoisotopic (exact) mass is 372 g/mol. The zero-order valence-corrected chi connectivity index (χ0v) is 16.6. The van der Waals surface area contributed by atoms with Gasteiger partial charge in [-0.3, -0.25) is 4.99 Å². The molecule has 3 rings (SSSR count). The largest absolute Gasteiger partial charge is 0.357 e. The highest BCUT2D eigenvalue weighted by atomic mass is 32.1. The van der Waals surface area contributed by atoms with Crippen molar-refractivity contribution in [3.63, 3.8) is 0 Å². The van der Waals surface area contributed by atoms with E-state index in [2.05, 4.69) is 56.5 Å². The Morgan fingerprint density at radius 1 is 1.19 bits per heavy atom. The number of piperidine rings is 1. The summed E-state index contributed by atoms with van der Waals surface area (Å²) in [5, 5.41) is 7.69. The van der Waals surface area contributed by atoms with Crippen LogP contribution in [-0.2, 0) is 13.1 Å². The van der Waals surface area contributed by atoms with Gasteiger partial charge in [0.05, 0.1) is 6.54 Å². The summed E-state index contributed by atoms with van der Waals surface area (Å²) >= 11 is 1.70. The van der Waals surface area contributed by atoms with Gasteiger partial charge in [0.2, 0.25) is 0 Å². The molecule has 2 N–H and O–H groups in total. The lowest BCUT2D eigenvalue weighted by molar-refractivity contribution is 0.436. The number of aliphatic imine (C=N–C) groups is 1. The number of guanidine groups is 1. The summed E-state index contributed by atoms with van der Waals surface area (Å²) in [4.78, 5) is 16.9. The molecule has 3 heterocycles. The van der Waals surface area contributed by atoms with E-state index in [1.54, 1.807) is 18.4 Å². The molecule has 1 aliphatic rings. The van der Waals surface area contributed by atoms with Crippen molar-refractivity contribution in [2.24, 2.45) is 10.9 Å². The van der Waals surface area contributed by atoms with Gasteiger partial charge < -0.3 is 15.5 Å². The zero-order chi connectivity index (χ0) is 18.4. The predicted molar refractivity (Wildman–Crippen MR) is 109 cm³/mol. The Bertz CT molecular complexity index is 716. The van der Waals surface area contributed by atoms with Crippen LogP contribution in [0.1, 0.15) is 35.2 Å². The van der Waals surface area contributed by atoms with Crippen LogP contribution in [-0.4, -0.2) is 36.1 Å². The SMILES string of the molecule is CN=C(NCc1ccc(N2CCC(C)CC2)nc1)NCc1ncc(C)s1. The summed E-state index contributed by atoms with van der Waals surface area (Å²) < 4.78 is 0. The van der Waals surface area contributed by atoms with Gasteiger partial charge in [-0.05, 0) is 37.3 Å². The molecule has 2 aromatic rings. The quantitative estimate of drug-likeness (QED) is 0.624. The molecule has 0 unspecified atom stereocenters. The normalized spacial score (nSPS) is 16.0. The van der Waals surface area contributed by atoms with Gasteiger partial charge in [0.15, 0.2) is 5.96 Å². The lowest BCUT2D eigenvalue weighted by atomic mass is 9.99. The van der Waals surface area contributed by atoms with Crippen LogP contribution >= 0.6 is 11.3 Å². The fourth-order valence-electron chi connectivity index (χ4n) is 2.99. The molecule has 0 radical (unpaired) electrons. The molecule has 1 aliphatic heterocycles. The van der Waals surface area contributed by atoms with Crippen LogP contribution in [0, 0.1) is 12.8 Å². The number of aromatic nitrogens is 2. The van der Waals surface area contributed by atoms with Gasteiger partial charge >= 0.3 is 0 Å². The molecule has 1 fully saturated rings. The van der Waals surface area contributed by atoms with E-state index in [9.17, 15) is 0 Å². The third kappa shape index (κ3) is 5.17. The summed E-state index contributed by atoms with van der Waals surface area (Å²) in [5.74, 6) is 2.69. The van der Waals surface area contributed by atoms with Gasteiger partial charge in [-0.15, -0.1) is 11.3 Å². The highest BCUT2D eigenvalue weighted by molar-refractivity contribution is 7.11. The van der Waals surface area contributed by atoms with Gasteiger partial charge in [-0.1, -0.05) is 13.0 Å². The number of hydrogen-bond acceptors (Lipinski definition) is 5. The summed E-state index contributed by atoms with van der Waals surface area (Å²) in [7, 11) is 1.78. The molecule has 2 aromatic heterocycles. The first-order chi connectivity index (χ1) is 12.6. The maximum Gasteiger partial charge on any atom is 0.191 e. The van der Waals surface area contributed by atoms with Crippen molar-refractivity contribution in [2.75, 3.05) is 25.0 Å². The number of rotatable bonds is 5. The van der Waals surface area contributed by atoms with Crippen LogP contribution in [0.4, 0.5) is 5.82 Å². The molecule has 26 heavy (non-hydrogen) atoms. The maximum absolute atomic E-state index is 4.64. The number of thiazole rings is 1. The minimum atomic E-state index is 0.683. The second-order valence-electron chi connectivity index (χ2n) is 6.84. The van der Waals surface area contributed by atoms with Crippen molar-refractivity contribution < 1.29 is 0 Å². The smallest absolute Gasteiger partial charge is 0.191 e. The highest BCUT2D eigenvalue weighted by Crippen LogP contribution is 2.21. The first-order valence-electron chi connectivity index (χ1n) is 9.19. The Morgan fingerprint density at radius 3 is 2.58 bits per heavy atom. The van der Waals surface area contributed by atoms with E-state index in [0.29, 0.717) is 13.1 Å². The Balaban J connectivity index is 1.47. The highest BCUT2D eigenvalue weighted by Gasteiger charge is 2.16. The van der Waals surface area contributed by atoms with Crippen molar-refractivity contribution in [1.82, 2.24) is 20.6 Å². The second-order valence-corrected chi connectivity index (χ2v) is 8.16. The number of pyridine rings is 1. The molecule has 140 valence electrons. The first-order valence-corrected chi connectivity index (χ1v) is 10.0. The molecule has 0 saturated carbocycles. The standard InChI is InChI=1S/C19H28N6S/c1-14-6-8-25(9-7-14)17-5-4-16(11-21-17)12-23-19(20-3)24-13-18-22-10-15(2)26-18/h4-5,10-11,14H,6-9,12-13H2,1-3H3,(H2,20,23,24). The Morgan fingerprint density at radius 2 is 1.96 bits per heavy atom. The van der Waals surface area contributed by atoms with Crippen molar-refractivity contribution in [3.8, 4) is 0 Å². The molecule has 0 atom stereocenters. The Kier molecular flexibility index (Phi) is 6.44. The average Bonchev–Trinajstić information content (AvgIpc) is 3.08. The Hall–Kier alpha value is -2.15. The van der Waals surface area contributed by atoms with Gasteiger partial charge in [0, 0.05) is 44.0 Å². The van der Waals surface area contributed by atoms with E-state index in [1.165, 1.54) is 17.7 Å². The third-order valence-electron chi connectivity index (χ3n) is 4.68. The number of nitrogens with zero attached hydrogens (tertiary/aromatic N) is 4. The van der Waals surface area contributed by atoms with Crippen molar-refractivity contribution in [2.45, 2.75) is 39.8 Å². The van der Waals surface area contributed by atoms with Gasteiger partial charge in [-0.2, -0.15) is 0 Å². The minimum Gasteiger partial charge on any atom is -0.357 e. The molecule has 0 amide bonds. The molecular formula is C19H28N6S. The van der Waals surface area contributed by atoms with Crippen molar-refractivity contribution in [1.29, 1.82) is 0 Å². The van der Waals surface area contributed by atoms with E-state index < -0.39 is 0 Å². The van der Waals surface area contributed by atoms with Crippen molar-refractivity contribution in [3.05, 3.63) is 40.0 Å². The molecule has 6 nitrogen and oxygen atoms in total. The molecule has 0 spiro atoms. The van der Waals surface area contributed by atoms with Gasteiger partial charge in [0.1, 0.15) is 10.8 Å². The maximum atomic E-state index is 4.64. The fraction of sp³-hybridized carbons (Fsp3) is 0.526. The summed E-state index contributed by atoms with van der Waals surface area (Å²) in [5.41, 5.74) is 1.15. The first kappa shape index (κ1) is 18.6. The average molecular weight is 373 g/mol. The Labute approximate surface area is 159 Å². The van der Waals surface area contributed by atoms with Crippen LogP contribution < -0.4 is 15.5 Å². The van der Waals surface area contributed by atoms with E-state index in [0.717, 1.165) is 41.4 Å². The topological polar surface area (TPSA) is 65.4 Å². The summed E-state index contributed by atoms with van der Waals surface area (Å²) in [6.45, 7) is 7.99. The van der Waals surface area contributed by atoms with Gasteiger partial charge in [-0.25, -0.2) is 9.97 Å². The zero-order valence-electron chi connectivity index (χ0n) is 15.8. The second kappa shape index (κ2) is 8.98. The number of aryl methyl sites for hydroxylation is 1. The third-order valence-corrected chi connectivity index (χ3v) is 5.59. The lowest BCUT2D eigenvalue weighted by Gasteiger charge is -2.31. The number of nitrogens with one attached hydrogen (secondary N) is 2. The molecule has 1 saturated heterocycles. The van der Waals surface area contributed by atoms with Crippen LogP contribution in [0.2, 0.25) is 0 Å². The van der Waals surface area contributed by atoms with E-state index in [4.69, 9.17) is 0 Å². The fourth-order valence-corrected chi connectivity index (χ4v) is 3.72. The molecule has 0 aromatic carbocycles. The van der Waals surface area contributed by atoms with Crippen LogP contribution in [0.25, 0.3) is 0 Å². The predicted octanol–water partition coefficient (Wildman–Crippen LogP) is 2.95. The molecular weight excluding hydrogens is 344 g/mol. The summed E-state index contributed by atoms with van der Waals surface area (Å²) in [6, 6.07) is 4.27. The molecule has 0 bridgehead atoms. The molecule has 7 heteroatoms. The van der Waals surface area contributed by atoms with E-state index in [-0.39, 0.29) is 0 Å². The van der Waals surface area contributed by atoms with Gasteiger partial charge in [0.25, 0.3) is 0 Å². The lowest BCUT2D eigenvalue weighted by Crippen LogP contribution is -2.36. The van der Waals surface area contributed by atoms with Crippen LogP contribution in [0.3, 0.4) is 0 Å².